The molecule has 1 saturated heterocycles. The predicted octanol–water partition coefficient (Wildman–Crippen LogP) is 2.37. The van der Waals surface area contributed by atoms with Gasteiger partial charge in [-0.2, -0.15) is 0 Å². The molecule has 1 aliphatic heterocycles. The summed E-state index contributed by atoms with van der Waals surface area (Å²) in [4.78, 5) is 7.12. The van der Waals surface area contributed by atoms with Gasteiger partial charge in [-0.1, -0.05) is 12.1 Å². The Balaban J connectivity index is 0.00000320. The standard InChI is InChI=1S/C22H36N4O3.HI/c1-2-23-22(25-19-6-8-20(27)9-7-19)24-17-18-4-3-5-21(16-18)29-15-12-26-10-13-28-14-11-26;/h3-5,16,19-20,27H,2,6-15,17H2,1H3,(H2,23,24,25);1H. The number of rotatable bonds is 8. The third kappa shape index (κ3) is 8.95. The number of nitrogens with one attached hydrogen (secondary N) is 2. The molecule has 3 rings (SSSR count). The van der Waals surface area contributed by atoms with Gasteiger partial charge < -0.3 is 25.2 Å². The van der Waals surface area contributed by atoms with Gasteiger partial charge in [0.15, 0.2) is 5.96 Å². The van der Waals surface area contributed by atoms with E-state index in [4.69, 9.17) is 14.5 Å². The third-order valence-electron chi connectivity index (χ3n) is 5.48. The van der Waals surface area contributed by atoms with Gasteiger partial charge in [0, 0.05) is 32.2 Å². The Morgan fingerprint density at radius 1 is 1.23 bits per heavy atom. The molecule has 0 spiro atoms. The fourth-order valence-corrected chi connectivity index (χ4v) is 3.75. The first-order valence-electron chi connectivity index (χ1n) is 11.0. The van der Waals surface area contributed by atoms with Crippen LogP contribution in [0.15, 0.2) is 29.3 Å². The smallest absolute Gasteiger partial charge is 0.191 e. The van der Waals surface area contributed by atoms with Crippen LogP contribution in [-0.2, 0) is 11.3 Å². The van der Waals surface area contributed by atoms with Crippen molar-refractivity contribution in [2.45, 2.75) is 51.3 Å². The van der Waals surface area contributed by atoms with E-state index in [1.54, 1.807) is 0 Å². The Kier molecular flexibility index (Phi) is 11.8. The number of halogens is 1. The number of aliphatic hydroxyl groups excluding tert-OH is 1. The molecule has 2 fully saturated rings. The summed E-state index contributed by atoms with van der Waals surface area (Å²) in [5.41, 5.74) is 1.13. The highest BCUT2D eigenvalue weighted by Gasteiger charge is 2.20. The molecule has 1 saturated carbocycles. The van der Waals surface area contributed by atoms with E-state index in [1.165, 1.54) is 0 Å². The summed E-state index contributed by atoms with van der Waals surface area (Å²) in [6, 6.07) is 8.56. The Hall–Kier alpha value is -1.10. The Morgan fingerprint density at radius 3 is 2.73 bits per heavy atom. The van der Waals surface area contributed by atoms with E-state index in [9.17, 15) is 5.11 Å². The molecule has 8 heteroatoms. The average molecular weight is 532 g/mol. The van der Waals surface area contributed by atoms with Crippen LogP contribution in [0.4, 0.5) is 0 Å². The van der Waals surface area contributed by atoms with Crippen molar-refractivity contribution in [2.75, 3.05) is 46.0 Å². The third-order valence-corrected chi connectivity index (χ3v) is 5.48. The fourth-order valence-electron chi connectivity index (χ4n) is 3.75. The zero-order valence-corrected chi connectivity index (χ0v) is 20.3. The maximum Gasteiger partial charge on any atom is 0.191 e. The average Bonchev–Trinajstić information content (AvgIpc) is 2.75. The molecule has 0 aromatic heterocycles. The van der Waals surface area contributed by atoms with E-state index in [0.717, 1.165) is 82.3 Å². The molecule has 170 valence electrons. The van der Waals surface area contributed by atoms with Crippen LogP contribution in [0.3, 0.4) is 0 Å². The SMILES string of the molecule is CCNC(=NCc1cccc(OCCN2CCOCC2)c1)NC1CCC(O)CC1.I. The molecule has 1 aromatic rings. The van der Waals surface area contributed by atoms with Crippen LogP contribution in [0.2, 0.25) is 0 Å². The second-order valence-corrected chi connectivity index (χ2v) is 7.79. The van der Waals surface area contributed by atoms with Crippen molar-refractivity contribution in [2.24, 2.45) is 4.99 Å². The van der Waals surface area contributed by atoms with Crippen LogP contribution in [0.5, 0.6) is 5.75 Å². The summed E-state index contributed by atoms with van der Waals surface area (Å²) in [7, 11) is 0. The summed E-state index contributed by atoms with van der Waals surface area (Å²) in [5, 5.41) is 16.5. The van der Waals surface area contributed by atoms with E-state index in [1.807, 2.05) is 12.1 Å². The van der Waals surface area contributed by atoms with Crippen molar-refractivity contribution in [3.8, 4) is 5.75 Å². The van der Waals surface area contributed by atoms with Crippen LogP contribution in [0.25, 0.3) is 0 Å². The molecule has 30 heavy (non-hydrogen) atoms. The molecule has 1 aliphatic carbocycles. The van der Waals surface area contributed by atoms with Gasteiger partial charge >= 0.3 is 0 Å². The molecular formula is C22H37IN4O3. The van der Waals surface area contributed by atoms with Crippen LogP contribution >= 0.6 is 24.0 Å². The Labute approximate surface area is 197 Å². The molecule has 0 bridgehead atoms. The first-order valence-corrected chi connectivity index (χ1v) is 11.0. The molecule has 0 atom stereocenters. The van der Waals surface area contributed by atoms with Gasteiger partial charge in [-0.05, 0) is 50.3 Å². The molecule has 1 aromatic carbocycles. The van der Waals surface area contributed by atoms with E-state index >= 15 is 0 Å². The van der Waals surface area contributed by atoms with Crippen LogP contribution in [0.1, 0.15) is 38.2 Å². The first kappa shape index (κ1) is 25.2. The summed E-state index contributed by atoms with van der Waals surface area (Å²) in [6.45, 7) is 8.72. The number of aliphatic hydroxyl groups is 1. The van der Waals surface area contributed by atoms with Crippen molar-refractivity contribution >= 4 is 29.9 Å². The number of benzene rings is 1. The van der Waals surface area contributed by atoms with E-state index in [-0.39, 0.29) is 30.1 Å². The number of hydrogen-bond donors (Lipinski definition) is 3. The lowest BCUT2D eigenvalue weighted by atomic mass is 9.93. The van der Waals surface area contributed by atoms with E-state index in [2.05, 4.69) is 34.6 Å². The number of ether oxygens (including phenoxy) is 2. The molecule has 0 unspecified atom stereocenters. The highest BCUT2D eigenvalue weighted by molar-refractivity contribution is 14.0. The zero-order valence-electron chi connectivity index (χ0n) is 18.0. The van der Waals surface area contributed by atoms with Crippen LogP contribution in [0, 0.1) is 0 Å². The van der Waals surface area contributed by atoms with Crippen molar-refractivity contribution in [1.82, 2.24) is 15.5 Å². The summed E-state index contributed by atoms with van der Waals surface area (Å²) in [5.74, 6) is 1.73. The number of aliphatic imine (C=N–C) groups is 1. The summed E-state index contributed by atoms with van der Waals surface area (Å²) in [6.07, 6.45) is 3.55. The van der Waals surface area contributed by atoms with E-state index in [0.29, 0.717) is 19.2 Å². The number of nitrogens with zero attached hydrogens (tertiary/aromatic N) is 2. The highest BCUT2D eigenvalue weighted by atomic mass is 127. The molecule has 0 amide bonds. The Morgan fingerprint density at radius 2 is 2.00 bits per heavy atom. The topological polar surface area (TPSA) is 78.4 Å². The normalized spacial score (nSPS) is 22.8. The summed E-state index contributed by atoms with van der Waals surface area (Å²) >= 11 is 0. The summed E-state index contributed by atoms with van der Waals surface area (Å²) < 4.78 is 11.3. The maximum absolute atomic E-state index is 9.68. The number of hydrogen-bond acceptors (Lipinski definition) is 5. The number of guanidine groups is 1. The second-order valence-electron chi connectivity index (χ2n) is 7.79. The second kappa shape index (κ2) is 14.1. The monoisotopic (exact) mass is 532 g/mol. The molecule has 1 heterocycles. The van der Waals surface area contributed by atoms with E-state index < -0.39 is 0 Å². The van der Waals surface area contributed by atoms with Crippen molar-refractivity contribution in [1.29, 1.82) is 0 Å². The quantitative estimate of drug-likeness (QED) is 0.271. The molecule has 3 N–H and O–H groups in total. The van der Waals surface area contributed by atoms with Gasteiger partial charge in [-0.25, -0.2) is 4.99 Å². The van der Waals surface area contributed by atoms with Gasteiger partial charge in [-0.15, -0.1) is 24.0 Å². The van der Waals surface area contributed by atoms with Gasteiger partial charge in [0.05, 0.1) is 25.9 Å². The lowest BCUT2D eigenvalue weighted by Gasteiger charge is -2.27. The molecular weight excluding hydrogens is 495 g/mol. The minimum absolute atomic E-state index is 0. The van der Waals surface area contributed by atoms with Crippen molar-refractivity contribution in [3.63, 3.8) is 0 Å². The predicted molar refractivity (Wildman–Crippen MR) is 131 cm³/mol. The lowest BCUT2D eigenvalue weighted by molar-refractivity contribution is 0.0322. The number of morpholine rings is 1. The lowest BCUT2D eigenvalue weighted by Crippen LogP contribution is -2.45. The highest BCUT2D eigenvalue weighted by Crippen LogP contribution is 2.18. The largest absolute Gasteiger partial charge is 0.492 e. The van der Waals surface area contributed by atoms with Gasteiger partial charge in [0.2, 0.25) is 0 Å². The first-order chi connectivity index (χ1) is 14.2. The van der Waals surface area contributed by atoms with Crippen molar-refractivity contribution in [3.05, 3.63) is 29.8 Å². The fraction of sp³-hybridized carbons (Fsp3) is 0.682. The van der Waals surface area contributed by atoms with Crippen LogP contribution < -0.4 is 15.4 Å². The maximum atomic E-state index is 9.68. The van der Waals surface area contributed by atoms with Gasteiger partial charge in [-0.3, -0.25) is 4.90 Å². The molecule has 2 aliphatic rings. The zero-order chi connectivity index (χ0) is 20.3. The van der Waals surface area contributed by atoms with Gasteiger partial charge in [0.1, 0.15) is 12.4 Å². The Bertz CT molecular complexity index is 633. The van der Waals surface area contributed by atoms with Crippen LogP contribution in [-0.4, -0.2) is 74.1 Å². The molecule has 7 nitrogen and oxygen atoms in total. The van der Waals surface area contributed by atoms with Crippen molar-refractivity contribution < 1.29 is 14.6 Å². The van der Waals surface area contributed by atoms with Gasteiger partial charge in [0.25, 0.3) is 0 Å². The minimum atomic E-state index is -0.140. The minimum Gasteiger partial charge on any atom is -0.492 e. The molecule has 0 radical (unpaired) electrons.